The van der Waals surface area contributed by atoms with Crippen molar-refractivity contribution in [2.24, 2.45) is 5.92 Å². The molecular formula is C17H10N4O2. The molecule has 0 radical (unpaired) electrons. The van der Waals surface area contributed by atoms with E-state index in [0.717, 1.165) is 5.52 Å². The van der Waals surface area contributed by atoms with Crippen LogP contribution in [-0.2, 0) is 4.79 Å². The van der Waals surface area contributed by atoms with Gasteiger partial charge in [-0.25, -0.2) is 4.98 Å². The predicted molar refractivity (Wildman–Crippen MR) is 82.4 cm³/mol. The van der Waals surface area contributed by atoms with Crippen LogP contribution in [0.4, 0.5) is 0 Å². The maximum absolute atomic E-state index is 11.3. The molecule has 1 N–H and O–H groups in total. The highest BCUT2D eigenvalue weighted by Gasteiger charge is 2.24. The van der Waals surface area contributed by atoms with Gasteiger partial charge in [0.2, 0.25) is 0 Å². The summed E-state index contributed by atoms with van der Waals surface area (Å²) in [5.74, 6) is -0.535. The van der Waals surface area contributed by atoms with E-state index in [0.29, 0.717) is 23.4 Å². The Labute approximate surface area is 131 Å². The van der Waals surface area contributed by atoms with Crippen molar-refractivity contribution in [3.05, 3.63) is 54.2 Å². The van der Waals surface area contributed by atoms with Crippen molar-refractivity contribution in [2.45, 2.75) is 0 Å². The number of benzene rings is 1. The molecule has 3 rings (SSSR count). The van der Waals surface area contributed by atoms with Crippen LogP contribution < -0.4 is 0 Å². The van der Waals surface area contributed by atoms with E-state index < -0.39 is 5.92 Å². The molecule has 1 atom stereocenters. The summed E-state index contributed by atoms with van der Waals surface area (Å²) >= 11 is 0. The summed E-state index contributed by atoms with van der Waals surface area (Å²) in [6.45, 7) is 0. The summed E-state index contributed by atoms with van der Waals surface area (Å²) in [6, 6.07) is 14.4. The number of carbonyl (C=O) groups is 1. The van der Waals surface area contributed by atoms with Crippen LogP contribution in [0.1, 0.15) is 11.6 Å². The number of nitriles is 2. The van der Waals surface area contributed by atoms with E-state index in [-0.39, 0.29) is 11.1 Å². The normalized spacial score (nSPS) is 13.0. The van der Waals surface area contributed by atoms with Gasteiger partial charge in [0.15, 0.2) is 0 Å². The standard InChI is InChI=1S/C17H10N4O2/c18-8-11(10-22)16(15-6-3-7-23-15)12(9-19)17-20-13-4-1-2-5-14(13)21-17/h1-7,10-11H,(H,20,21)/b16-12+. The third kappa shape index (κ3) is 2.50. The van der Waals surface area contributed by atoms with Crippen LogP contribution in [0.2, 0.25) is 0 Å². The molecule has 0 aliphatic carbocycles. The minimum Gasteiger partial charge on any atom is -0.465 e. The highest BCUT2D eigenvalue weighted by atomic mass is 16.3. The number of carbonyl (C=O) groups excluding carboxylic acids is 1. The number of rotatable bonds is 4. The molecular weight excluding hydrogens is 292 g/mol. The first-order valence-electron chi connectivity index (χ1n) is 6.76. The Kier molecular flexibility index (Phi) is 3.73. The number of furan rings is 1. The second kappa shape index (κ2) is 6.00. The number of nitrogens with zero attached hydrogens (tertiary/aromatic N) is 3. The number of aldehydes is 1. The zero-order valence-corrected chi connectivity index (χ0v) is 11.9. The van der Waals surface area contributed by atoms with E-state index in [1.807, 2.05) is 30.3 Å². The highest BCUT2D eigenvalue weighted by Crippen LogP contribution is 2.31. The van der Waals surface area contributed by atoms with Crippen LogP contribution in [0.15, 0.2) is 47.1 Å². The molecule has 2 heterocycles. The fraction of sp³-hybridized carbons (Fsp3) is 0.0588. The number of nitrogens with one attached hydrogen (secondary N) is 1. The van der Waals surface area contributed by atoms with Crippen molar-refractivity contribution in [3.8, 4) is 12.1 Å². The Morgan fingerprint density at radius 1 is 1.26 bits per heavy atom. The Balaban J connectivity index is 2.28. The number of aromatic nitrogens is 2. The van der Waals surface area contributed by atoms with E-state index in [1.54, 1.807) is 18.2 Å². The van der Waals surface area contributed by atoms with E-state index in [9.17, 15) is 15.3 Å². The van der Waals surface area contributed by atoms with Gasteiger partial charge >= 0.3 is 0 Å². The number of hydrogen-bond acceptors (Lipinski definition) is 5. The predicted octanol–water partition coefficient (Wildman–Crippen LogP) is 2.93. The number of para-hydroxylation sites is 2. The smallest absolute Gasteiger partial charge is 0.149 e. The zero-order chi connectivity index (χ0) is 16.2. The summed E-state index contributed by atoms with van der Waals surface area (Å²) < 4.78 is 5.30. The molecule has 0 bridgehead atoms. The number of imidazole rings is 1. The monoisotopic (exact) mass is 302 g/mol. The van der Waals surface area contributed by atoms with Crippen LogP contribution in [0.25, 0.3) is 22.2 Å². The molecule has 2 aromatic heterocycles. The fourth-order valence-corrected chi connectivity index (χ4v) is 2.34. The Hall–Kier alpha value is -3.64. The zero-order valence-electron chi connectivity index (χ0n) is 11.9. The van der Waals surface area contributed by atoms with Gasteiger partial charge in [0.05, 0.1) is 23.4 Å². The van der Waals surface area contributed by atoms with Crippen LogP contribution in [0.5, 0.6) is 0 Å². The van der Waals surface area contributed by atoms with Gasteiger partial charge in [-0.15, -0.1) is 0 Å². The summed E-state index contributed by atoms with van der Waals surface area (Å²) in [5, 5.41) is 18.8. The summed E-state index contributed by atoms with van der Waals surface area (Å²) in [6.07, 6.45) is 1.90. The Bertz CT molecular complexity index is 935. The number of allylic oxidation sites excluding steroid dienone is 2. The van der Waals surface area contributed by atoms with Gasteiger partial charge in [0.1, 0.15) is 35.4 Å². The molecule has 0 spiro atoms. The van der Waals surface area contributed by atoms with Crippen molar-refractivity contribution < 1.29 is 9.21 Å². The summed E-state index contributed by atoms with van der Waals surface area (Å²) in [5.41, 5.74) is 1.76. The summed E-state index contributed by atoms with van der Waals surface area (Å²) in [7, 11) is 0. The van der Waals surface area contributed by atoms with Crippen molar-refractivity contribution in [1.29, 1.82) is 10.5 Å². The average molecular weight is 302 g/mol. The van der Waals surface area contributed by atoms with Gasteiger partial charge < -0.3 is 14.2 Å². The van der Waals surface area contributed by atoms with Crippen LogP contribution in [-0.4, -0.2) is 16.3 Å². The van der Waals surface area contributed by atoms with Crippen molar-refractivity contribution in [1.82, 2.24) is 9.97 Å². The lowest BCUT2D eigenvalue weighted by Crippen LogP contribution is -2.05. The molecule has 23 heavy (non-hydrogen) atoms. The maximum atomic E-state index is 11.3. The van der Waals surface area contributed by atoms with Crippen molar-refractivity contribution in [2.75, 3.05) is 0 Å². The molecule has 3 aromatic rings. The van der Waals surface area contributed by atoms with Gasteiger partial charge in [-0.3, -0.25) is 0 Å². The number of hydrogen-bond donors (Lipinski definition) is 1. The lowest BCUT2D eigenvalue weighted by atomic mass is 9.94. The molecule has 110 valence electrons. The Morgan fingerprint density at radius 2 is 2.09 bits per heavy atom. The molecule has 1 aromatic carbocycles. The minimum atomic E-state index is -1.12. The molecule has 6 heteroatoms. The second-order valence-corrected chi connectivity index (χ2v) is 4.72. The minimum absolute atomic E-state index is 0.106. The quantitative estimate of drug-likeness (QED) is 0.589. The van der Waals surface area contributed by atoms with Crippen LogP contribution in [0, 0.1) is 28.6 Å². The van der Waals surface area contributed by atoms with Gasteiger partial charge in [-0.05, 0) is 24.3 Å². The van der Waals surface area contributed by atoms with Gasteiger partial charge in [-0.2, -0.15) is 10.5 Å². The van der Waals surface area contributed by atoms with Gasteiger partial charge in [-0.1, -0.05) is 12.1 Å². The lowest BCUT2D eigenvalue weighted by molar-refractivity contribution is -0.108. The second-order valence-electron chi connectivity index (χ2n) is 4.72. The maximum Gasteiger partial charge on any atom is 0.149 e. The first-order valence-corrected chi connectivity index (χ1v) is 6.76. The van der Waals surface area contributed by atoms with Crippen LogP contribution in [0.3, 0.4) is 0 Å². The third-order valence-electron chi connectivity index (χ3n) is 3.38. The molecule has 0 aliphatic rings. The van der Waals surface area contributed by atoms with E-state index in [4.69, 9.17) is 4.42 Å². The van der Waals surface area contributed by atoms with Crippen molar-refractivity contribution >= 4 is 28.5 Å². The lowest BCUT2D eigenvalue weighted by Gasteiger charge is -2.07. The number of H-pyrrole nitrogens is 1. The van der Waals surface area contributed by atoms with E-state index in [2.05, 4.69) is 9.97 Å². The average Bonchev–Trinajstić information content (AvgIpc) is 3.24. The molecule has 0 saturated heterocycles. The molecule has 0 aliphatic heterocycles. The van der Waals surface area contributed by atoms with Gasteiger partial charge in [0.25, 0.3) is 0 Å². The number of fused-ring (bicyclic) bond motifs is 1. The SMILES string of the molecule is N#C/C(=C(\c1ccco1)C(C#N)C=O)c1nc2ccccc2[nH]1. The van der Waals surface area contributed by atoms with E-state index in [1.165, 1.54) is 6.26 Å². The fourth-order valence-electron chi connectivity index (χ4n) is 2.34. The molecule has 6 nitrogen and oxygen atoms in total. The molecule has 0 amide bonds. The van der Waals surface area contributed by atoms with Gasteiger partial charge in [0, 0.05) is 5.57 Å². The molecule has 0 saturated carbocycles. The summed E-state index contributed by atoms with van der Waals surface area (Å²) in [4.78, 5) is 18.7. The third-order valence-corrected chi connectivity index (χ3v) is 3.38. The number of aromatic amines is 1. The first-order chi connectivity index (χ1) is 11.3. The van der Waals surface area contributed by atoms with Crippen LogP contribution >= 0.6 is 0 Å². The molecule has 1 unspecified atom stereocenters. The topological polar surface area (TPSA) is 106 Å². The largest absolute Gasteiger partial charge is 0.465 e. The highest BCUT2D eigenvalue weighted by molar-refractivity contribution is 6.01. The van der Waals surface area contributed by atoms with Crippen molar-refractivity contribution in [3.63, 3.8) is 0 Å². The first kappa shape index (κ1) is 14.3. The van der Waals surface area contributed by atoms with E-state index >= 15 is 0 Å². The molecule has 0 fully saturated rings. The Morgan fingerprint density at radius 3 is 2.70 bits per heavy atom.